The molecule has 5 heteroatoms. The van der Waals surface area contributed by atoms with E-state index in [1.807, 2.05) is 19.1 Å². The smallest absolute Gasteiger partial charge is 0.307 e. The molecule has 1 aliphatic heterocycles. The molecule has 0 bridgehead atoms. The Hall–Kier alpha value is -2.84. The minimum Gasteiger partial charge on any atom is -0.366 e. The van der Waals surface area contributed by atoms with E-state index in [1.54, 1.807) is 12.1 Å². The maximum absolute atomic E-state index is 11.3. The summed E-state index contributed by atoms with van der Waals surface area (Å²) >= 11 is 0. The van der Waals surface area contributed by atoms with E-state index in [1.165, 1.54) is 5.56 Å². The molecule has 0 radical (unpaired) electrons. The van der Waals surface area contributed by atoms with Gasteiger partial charge in [0.2, 0.25) is 5.91 Å². The first kappa shape index (κ1) is 18.0. The van der Waals surface area contributed by atoms with Gasteiger partial charge in [-0.3, -0.25) is 14.5 Å². The van der Waals surface area contributed by atoms with Crippen molar-refractivity contribution < 1.29 is 4.79 Å². The van der Waals surface area contributed by atoms with Crippen molar-refractivity contribution in [3.63, 3.8) is 0 Å². The number of piperidine rings is 1. The number of aryl methyl sites for hydroxylation is 1. The van der Waals surface area contributed by atoms with Crippen LogP contribution in [-0.4, -0.2) is 29.6 Å². The van der Waals surface area contributed by atoms with Gasteiger partial charge in [-0.15, -0.1) is 0 Å². The summed E-state index contributed by atoms with van der Waals surface area (Å²) in [5, 5.41) is 3.43. The van der Waals surface area contributed by atoms with Crippen LogP contribution in [0.25, 0.3) is 4.85 Å². The van der Waals surface area contributed by atoms with Gasteiger partial charge in [0.1, 0.15) is 0 Å². The lowest BCUT2D eigenvalue weighted by molar-refractivity contribution is 0.1000. The number of nitrogens with one attached hydrogen (secondary N) is 1. The molecule has 0 atom stereocenters. The molecule has 1 saturated heterocycles. The zero-order valence-corrected chi connectivity index (χ0v) is 15.0. The van der Waals surface area contributed by atoms with Crippen LogP contribution in [0.1, 0.15) is 34.3 Å². The zero-order valence-electron chi connectivity index (χ0n) is 15.0. The number of hydrogen-bond donors (Lipinski definition) is 2. The summed E-state index contributed by atoms with van der Waals surface area (Å²) in [6.45, 7) is 12.3. The highest BCUT2D eigenvalue weighted by Gasteiger charge is 2.40. The summed E-state index contributed by atoms with van der Waals surface area (Å²) in [5.74, 6) is -0.436. The number of primary amides is 1. The van der Waals surface area contributed by atoms with Gasteiger partial charge in [0.25, 0.3) is 0 Å². The summed E-state index contributed by atoms with van der Waals surface area (Å²) in [6, 6.07) is 15.7. The Bertz CT molecular complexity index is 818. The van der Waals surface area contributed by atoms with Crippen molar-refractivity contribution in [1.82, 2.24) is 4.90 Å². The summed E-state index contributed by atoms with van der Waals surface area (Å²) < 4.78 is 0. The number of nitrogens with two attached hydrogens (primary N) is 1. The molecule has 3 N–H and O–H groups in total. The molecule has 0 saturated carbocycles. The van der Waals surface area contributed by atoms with E-state index in [9.17, 15) is 4.79 Å². The molecule has 0 unspecified atom stereocenters. The van der Waals surface area contributed by atoms with Crippen LogP contribution in [0.4, 0.5) is 5.69 Å². The highest BCUT2D eigenvalue weighted by molar-refractivity contribution is 5.93. The Kier molecular flexibility index (Phi) is 5.24. The van der Waals surface area contributed by atoms with Crippen LogP contribution in [0.15, 0.2) is 48.5 Å². The van der Waals surface area contributed by atoms with Crippen molar-refractivity contribution in [2.75, 3.05) is 18.4 Å². The zero-order chi connectivity index (χ0) is 18.6. The number of carbonyl (C=O) groups is 1. The fourth-order valence-electron chi connectivity index (χ4n) is 3.40. The second-order valence-corrected chi connectivity index (χ2v) is 6.92. The van der Waals surface area contributed by atoms with Crippen LogP contribution in [-0.2, 0) is 6.54 Å². The van der Waals surface area contributed by atoms with E-state index in [4.69, 9.17) is 12.3 Å². The monoisotopic (exact) mass is 348 g/mol. The van der Waals surface area contributed by atoms with E-state index < -0.39 is 11.6 Å². The minimum atomic E-state index is -0.591. The highest BCUT2D eigenvalue weighted by atomic mass is 16.1. The summed E-state index contributed by atoms with van der Waals surface area (Å²) in [7, 11) is 0. The largest absolute Gasteiger partial charge is 0.366 e. The number of rotatable bonds is 5. The van der Waals surface area contributed by atoms with Crippen molar-refractivity contribution in [1.29, 1.82) is 0 Å². The molecule has 5 nitrogen and oxygen atoms in total. The van der Waals surface area contributed by atoms with Gasteiger partial charge < -0.3 is 11.1 Å². The standard InChI is InChI=1S/C21H24N4O/c1-16-14-18(20(22)26)8-9-19(16)24-21(23-2)10-12-25(13-11-21)15-17-6-4-3-5-7-17/h3-9,14,24H,10-13,15H2,1H3,(H2,22,26). The topological polar surface area (TPSA) is 62.7 Å². The predicted molar refractivity (Wildman–Crippen MR) is 104 cm³/mol. The molecule has 1 aliphatic rings. The molecule has 0 aromatic heterocycles. The molecule has 134 valence electrons. The first-order valence-electron chi connectivity index (χ1n) is 8.85. The molecule has 0 spiro atoms. The van der Waals surface area contributed by atoms with Crippen LogP contribution < -0.4 is 11.1 Å². The Labute approximate surface area is 154 Å². The fourth-order valence-corrected chi connectivity index (χ4v) is 3.40. The number of amides is 1. The first-order valence-corrected chi connectivity index (χ1v) is 8.85. The Morgan fingerprint density at radius 2 is 1.92 bits per heavy atom. The third-order valence-corrected chi connectivity index (χ3v) is 5.02. The summed E-state index contributed by atoms with van der Waals surface area (Å²) in [6.07, 6.45) is 1.53. The number of hydrogen-bond acceptors (Lipinski definition) is 3. The first-order chi connectivity index (χ1) is 12.5. The third-order valence-electron chi connectivity index (χ3n) is 5.02. The van der Waals surface area contributed by atoms with Gasteiger partial charge in [-0.05, 0) is 36.2 Å². The van der Waals surface area contributed by atoms with E-state index in [-0.39, 0.29) is 0 Å². The normalized spacial score (nSPS) is 16.6. The van der Waals surface area contributed by atoms with Gasteiger partial charge in [0, 0.05) is 30.9 Å². The molecule has 26 heavy (non-hydrogen) atoms. The Balaban J connectivity index is 1.66. The van der Waals surface area contributed by atoms with Crippen molar-refractivity contribution in [3.8, 4) is 0 Å². The predicted octanol–water partition coefficient (Wildman–Crippen LogP) is 3.42. The van der Waals surface area contributed by atoms with Gasteiger partial charge in [-0.2, -0.15) is 0 Å². The second-order valence-electron chi connectivity index (χ2n) is 6.92. The molecule has 1 fully saturated rings. The van der Waals surface area contributed by atoms with Crippen LogP contribution in [0.5, 0.6) is 0 Å². The SMILES string of the molecule is [C-]#[N+]C1(Nc2ccc(C(N)=O)cc2C)CCN(Cc2ccccc2)CC1. The molecule has 1 heterocycles. The van der Waals surface area contributed by atoms with Crippen molar-refractivity contribution >= 4 is 11.6 Å². The number of nitrogens with zero attached hydrogens (tertiary/aromatic N) is 2. The molecule has 1 amide bonds. The minimum absolute atomic E-state index is 0.436. The molecular weight excluding hydrogens is 324 g/mol. The highest BCUT2D eigenvalue weighted by Crippen LogP contribution is 2.30. The quantitative estimate of drug-likeness (QED) is 0.814. The summed E-state index contributed by atoms with van der Waals surface area (Å²) in [4.78, 5) is 17.6. The summed E-state index contributed by atoms with van der Waals surface area (Å²) in [5.41, 5.74) is 8.35. The maximum atomic E-state index is 11.3. The lowest BCUT2D eigenvalue weighted by Gasteiger charge is -2.35. The van der Waals surface area contributed by atoms with E-state index in [2.05, 4.69) is 39.3 Å². The molecule has 3 rings (SSSR count). The lowest BCUT2D eigenvalue weighted by atomic mass is 9.95. The van der Waals surface area contributed by atoms with E-state index in [0.717, 1.165) is 43.7 Å². The van der Waals surface area contributed by atoms with Gasteiger partial charge in [0.05, 0.1) is 12.8 Å². The Morgan fingerprint density at radius 1 is 1.23 bits per heavy atom. The molecule has 2 aromatic rings. The van der Waals surface area contributed by atoms with Crippen LogP contribution in [0.3, 0.4) is 0 Å². The van der Waals surface area contributed by atoms with Gasteiger partial charge in [0.15, 0.2) is 0 Å². The second kappa shape index (κ2) is 7.59. The van der Waals surface area contributed by atoms with Crippen LogP contribution >= 0.6 is 0 Å². The van der Waals surface area contributed by atoms with Crippen LogP contribution in [0, 0.1) is 13.5 Å². The van der Waals surface area contributed by atoms with E-state index in [0.29, 0.717) is 5.56 Å². The van der Waals surface area contributed by atoms with Crippen molar-refractivity contribution in [3.05, 3.63) is 76.6 Å². The van der Waals surface area contributed by atoms with Gasteiger partial charge in [-0.1, -0.05) is 30.3 Å². The number of anilines is 1. The number of carbonyl (C=O) groups excluding carboxylic acids is 1. The average Bonchev–Trinajstić information content (AvgIpc) is 2.66. The third kappa shape index (κ3) is 4.04. The Morgan fingerprint density at radius 3 is 2.50 bits per heavy atom. The van der Waals surface area contributed by atoms with Crippen LogP contribution in [0.2, 0.25) is 0 Å². The van der Waals surface area contributed by atoms with E-state index >= 15 is 0 Å². The lowest BCUT2D eigenvalue weighted by Crippen LogP contribution is -2.47. The van der Waals surface area contributed by atoms with Gasteiger partial charge in [-0.25, -0.2) is 6.57 Å². The molecular formula is C21H24N4O. The number of likely N-dealkylation sites (tertiary alicyclic amines) is 1. The van der Waals surface area contributed by atoms with Crippen molar-refractivity contribution in [2.24, 2.45) is 5.73 Å². The maximum Gasteiger partial charge on any atom is 0.307 e. The fraction of sp³-hybridized carbons (Fsp3) is 0.333. The average molecular weight is 348 g/mol. The molecule has 0 aliphatic carbocycles. The van der Waals surface area contributed by atoms with Gasteiger partial charge >= 0.3 is 5.66 Å². The molecule has 2 aromatic carbocycles. The van der Waals surface area contributed by atoms with Crippen molar-refractivity contribution in [2.45, 2.75) is 32.0 Å². The number of benzene rings is 2.